The van der Waals surface area contributed by atoms with E-state index < -0.39 is 0 Å². The normalized spacial score (nSPS) is 10.4. The van der Waals surface area contributed by atoms with Gasteiger partial charge in [0.25, 0.3) is 0 Å². The summed E-state index contributed by atoms with van der Waals surface area (Å²) in [4.78, 5) is 4.27. The van der Waals surface area contributed by atoms with Crippen LogP contribution < -0.4 is 0 Å². The maximum absolute atomic E-state index is 5.87. The summed E-state index contributed by atoms with van der Waals surface area (Å²) in [5.41, 5.74) is 1.12. The van der Waals surface area contributed by atoms with Gasteiger partial charge in [0.05, 0.1) is 0 Å². The van der Waals surface area contributed by atoms with Crippen molar-refractivity contribution in [2.24, 2.45) is 0 Å². The van der Waals surface area contributed by atoms with Gasteiger partial charge in [-0.15, -0.1) is 0 Å². The summed E-state index contributed by atoms with van der Waals surface area (Å²) >= 11 is 5.87. The SMILES string of the molecule is CCCCCCCc1cc(Cl)ccn1. The number of halogens is 1. The van der Waals surface area contributed by atoms with Crippen molar-refractivity contribution in [3.05, 3.63) is 29.0 Å². The Morgan fingerprint density at radius 1 is 1.21 bits per heavy atom. The van der Waals surface area contributed by atoms with Crippen LogP contribution >= 0.6 is 11.6 Å². The molecule has 1 heterocycles. The fraction of sp³-hybridized carbons (Fsp3) is 0.583. The second-order valence-electron chi connectivity index (χ2n) is 3.63. The first-order chi connectivity index (χ1) is 6.83. The maximum Gasteiger partial charge on any atom is 0.0439 e. The van der Waals surface area contributed by atoms with E-state index in [9.17, 15) is 0 Å². The van der Waals surface area contributed by atoms with E-state index in [-0.39, 0.29) is 0 Å². The zero-order chi connectivity index (χ0) is 10.2. The average molecular weight is 212 g/mol. The van der Waals surface area contributed by atoms with Crippen LogP contribution in [0.25, 0.3) is 0 Å². The van der Waals surface area contributed by atoms with Crippen LogP contribution in [0.5, 0.6) is 0 Å². The molecule has 0 aliphatic carbocycles. The van der Waals surface area contributed by atoms with Gasteiger partial charge < -0.3 is 0 Å². The molecule has 2 heteroatoms. The second-order valence-corrected chi connectivity index (χ2v) is 4.07. The van der Waals surface area contributed by atoms with E-state index in [2.05, 4.69) is 11.9 Å². The van der Waals surface area contributed by atoms with Crippen molar-refractivity contribution in [2.45, 2.75) is 45.4 Å². The first-order valence-corrected chi connectivity index (χ1v) is 5.81. The van der Waals surface area contributed by atoms with Crippen LogP contribution in [0.1, 0.15) is 44.7 Å². The summed E-state index contributed by atoms with van der Waals surface area (Å²) in [5, 5.41) is 0.795. The Hall–Kier alpha value is -0.560. The Kier molecular flexibility index (Phi) is 5.62. The topological polar surface area (TPSA) is 12.9 Å². The fourth-order valence-electron chi connectivity index (χ4n) is 1.50. The summed E-state index contributed by atoms with van der Waals surface area (Å²) in [5.74, 6) is 0. The standard InChI is InChI=1S/C12H18ClN/c1-2-3-4-5-6-7-12-10-11(13)8-9-14-12/h8-10H,2-7H2,1H3. The Balaban J connectivity index is 2.18. The van der Waals surface area contributed by atoms with Crippen LogP contribution in [0.3, 0.4) is 0 Å². The van der Waals surface area contributed by atoms with E-state index in [0.717, 1.165) is 17.1 Å². The Bertz CT molecular complexity index is 260. The van der Waals surface area contributed by atoms with E-state index in [1.54, 1.807) is 6.20 Å². The van der Waals surface area contributed by atoms with Crippen LogP contribution in [0, 0.1) is 0 Å². The van der Waals surface area contributed by atoms with Crippen molar-refractivity contribution in [1.29, 1.82) is 0 Å². The average Bonchev–Trinajstić information content (AvgIpc) is 2.18. The minimum atomic E-state index is 0.795. The minimum Gasteiger partial charge on any atom is -0.261 e. The van der Waals surface area contributed by atoms with Crippen molar-refractivity contribution < 1.29 is 0 Å². The van der Waals surface area contributed by atoms with Crippen molar-refractivity contribution in [3.8, 4) is 0 Å². The molecule has 1 nitrogen and oxygen atoms in total. The van der Waals surface area contributed by atoms with Gasteiger partial charge in [0.15, 0.2) is 0 Å². The first kappa shape index (κ1) is 11.5. The molecule has 1 aromatic heterocycles. The van der Waals surface area contributed by atoms with Gasteiger partial charge in [0.2, 0.25) is 0 Å². The molecule has 0 radical (unpaired) electrons. The van der Waals surface area contributed by atoms with Gasteiger partial charge in [-0.05, 0) is 25.0 Å². The quantitative estimate of drug-likeness (QED) is 0.642. The smallest absolute Gasteiger partial charge is 0.0439 e. The van der Waals surface area contributed by atoms with Crippen molar-refractivity contribution in [2.75, 3.05) is 0 Å². The van der Waals surface area contributed by atoms with Crippen LogP contribution in [-0.4, -0.2) is 4.98 Å². The number of hydrogen-bond donors (Lipinski definition) is 0. The van der Waals surface area contributed by atoms with E-state index in [0.29, 0.717) is 0 Å². The Morgan fingerprint density at radius 3 is 2.71 bits per heavy atom. The molecule has 78 valence electrons. The molecule has 0 saturated carbocycles. The van der Waals surface area contributed by atoms with E-state index >= 15 is 0 Å². The van der Waals surface area contributed by atoms with Gasteiger partial charge >= 0.3 is 0 Å². The largest absolute Gasteiger partial charge is 0.261 e. The molecule has 0 amide bonds. The molecular weight excluding hydrogens is 194 g/mol. The summed E-state index contributed by atoms with van der Waals surface area (Å²) in [7, 11) is 0. The van der Waals surface area contributed by atoms with Gasteiger partial charge in [-0.2, -0.15) is 0 Å². The molecule has 14 heavy (non-hydrogen) atoms. The lowest BCUT2D eigenvalue weighted by Crippen LogP contribution is -1.89. The molecule has 0 fully saturated rings. The van der Waals surface area contributed by atoms with Crippen molar-refractivity contribution in [1.82, 2.24) is 4.98 Å². The summed E-state index contributed by atoms with van der Waals surface area (Å²) in [6, 6.07) is 3.78. The first-order valence-electron chi connectivity index (χ1n) is 5.43. The zero-order valence-electron chi connectivity index (χ0n) is 8.80. The van der Waals surface area contributed by atoms with Crippen molar-refractivity contribution >= 4 is 11.6 Å². The lowest BCUT2D eigenvalue weighted by atomic mass is 10.1. The van der Waals surface area contributed by atoms with Gasteiger partial charge in [-0.3, -0.25) is 4.98 Å². The third kappa shape index (κ3) is 4.61. The van der Waals surface area contributed by atoms with Crippen LogP contribution in [0.4, 0.5) is 0 Å². The lowest BCUT2D eigenvalue weighted by molar-refractivity contribution is 0.628. The molecule has 0 unspecified atom stereocenters. The number of nitrogens with zero attached hydrogens (tertiary/aromatic N) is 1. The predicted octanol–water partition coefficient (Wildman–Crippen LogP) is 4.25. The highest BCUT2D eigenvalue weighted by Crippen LogP contribution is 2.11. The second kappa shape index (κ2) is 6.83. The van der Waals surface area contributed by atoms with Crippen molar-refractivity contribution in [3.63, 3.8) is 0 Å². The number of pyridine rings is 1. The van der Waals surface area contributed by atoms with Gasteiger partial charge in [-0.25, -0.2) is 0 Å². The minimum absolute atomic E-state index is 0.795. The zero-order valence-corrected chi connectivity index (χ0v) is 9.56. The summed E-state index contributed by atoms with van der Waals surface area (Å²) in [6.07, 6.45) is 9.37. The molecule has 0 aromatic carbocycles. The maximum atomic E-state index is 5.87. The highest BCUT2D eigenvalue weighted by atomic mass is 35.5. The molecule has 0 saturated heterocycles. The van der Waals surface area contributed by atoms with Crippen LogP contribution in [0.2, 0.25) is 5.02 Å². The molecular formula is C12H18ClN. The number of aryl methyl sites for hydroxylation is 1. The van der Waals surface area contributed by atoms with Crippen LogP contribution in [0.15, 0.2) is 18.3 Å². The number of unbranched alkanes of at least 4 members (excludes halogenated alkanes) is 4. The molecule has 1 rings (SSSR count). The van der Waals surface area contributed by atoms with E-state index in [1.165, 1.54) is 32.1 Å². The van der Waals surface area contributed by atoms with E-state index in [1.807, 2.05) is 12.1 Å². The third-order valence-electron chi connectivity index (χ3n) is 2.32. The van der Waals surface area contributed by atoms with Gasteiger partial charge in [0, 0.05) is 16.9 Å². The molecule has 0 aliphatic heterocycles. The van der Waals surface area contributed by atoms with E-state index in [4.69, 9.17) is 11.6 Å². The third-order valence-corrected chi connectivity index (χ3v) is 2.55. The predicted molar refractivity (Wildman–Crippen MR) is 61.7 cm³/mol. The molecule has 0 spiro atoms. The monoisotopic (exact) mass is 211 g/mol. The molecule has 0 atom stereocenters. The molecule has 0 bridgehead atoms. The number of rotatable bonds is 6. The number of aromatic nitrogens is 1. The Labute approximate surface area is 91.5 Å². The highest BCUT2D eigenvalue weighted by molar-refractivity contribution is 6.30. The van der Waals surface area contributed by atoms with Gasteiger partial charge in [-0.1, -0.05) is 44.2 Å². The molecule has 1 aromatic rings. The lowest BCUT2D eigenvalue weighted by Gasteiger charge is -2.00. The molecule has 0 N–H and O–H groups in total. The molecule has 0 aliphatic rings. The summed E-state index contributed by atoms with van der Waals surface area (Å²) in [6.45, 7) is 2.23. The fourth-order valence-corrected chi connectivity index (χ4v) is 1.68. The Morgan fingerprint density at radius 2 is 2.00 bits per heavy atom. The van der Waals surface area contributed by atoms with Crippen LogP contribution in [-0.2, 0) is 6.42 Å². The van der Waals surface area contributed by atoms with Gasteiger partial charge in [0.1, 0.15) is 0 Å². The number of hydrogen-bond acceptors (Lipinski definition) is 1. The summed E-state index contributed by atoms with van der Waals surface area (Å²) < 4.78 is 0. The highest BCUT2D eigenvalue weighted by Gasteiger charge is 1.95.